The van der Waals surface area contributed by atoms with Crippen molar-refractivity contribution in [3.8, 4) is 11.5 Å². The van der Waals surface area contributed by atoms with Crippen molar-refractivity contribution < 1.29 is 19.0 Å². The Hall–Kier alpha value is -2.89. The van der Waals surface area contributed by atoms with Gasteiger partial charge in [-0.2, -0.15) is 0 Å². The molecular formula is C26H34N2O4. The van der Waals surface area contributed by atoms with Crippen molar-refractivity contribution in [1.82, 2.24) is 4.90 Å². The lowest BCUT2D eigenvalue weighted by atomic mass is 10.0. The van der Waals surface area contributed by atoms with E-state index < -0.39 is 0 Å². The summed E-state index contributed by atoms with van der Waals surface area (Å²) in [5, 5.41) is 0. The van der Waals surface area contributed by atoms with Gasteiger partial charge < -0.3 is 24.0 Å². The zero-order valence-corrected chi connectivity index (χ0v) is 19.2. The van der Waals surface area contributed by atoms with Crippen LogP contribution < -0.4 is 14.4 Å². The normalized spacial score (nSPS) is 19.1. The van der Waals surface area contributed by atoms with E-state index in [2.05, 4.69) is 29.2 Å². The number of amides is 1. The number of hydrogen-bond donors (Lipinski definition) is 0. The highest BCUT2D eigenvalue weighted by atomic mass is 16.6. The monoisotopic (exact) mass is 438 g/mol. The van der Waals surface area contributed by atoms with Gasteiger partial charge in [0.2, 0.25) is 0 Å². The summed E-state index contributed by atoms with van der Waals surface area (Å²) in [5.74, 6) is 1.58. The second-order valence-corrected chi connectivity index (χ2v) is 8.54. The molecule has 2 aromatic rings. The van der Waals surface area contributed by atoms with Gasteiger partial charge in [-0.25, -0.2) is 4.79 Å². The minimum absolute atomic E-state index is 0.0338. The summed E-state index contributed by atoms with van der Waals surface area (Å²) in [4.78, 5) is 16.8. The standard InChI is InChI=1S/C26H34N2O4/c1-3-31-26(29)28-16-15-27(19-22(28)17-20-9-5-4-6-10-20)21-13-14-24(30-2)25(18-21)32-23-11-7-8-12-23/h4-6,9-10,13-14,18,22-23H,3,7-8,11-12,15-17,19H2,1-2H3. The van der Waals surface area contributed by atoms with Crippen molar-refractivity contribution >= 4 is 11.8 Å². The Bertz CT molecular complexity index is 883. The van der Waals surface area contributed by atoms with E-state index in [1.807, 2.05) is 36.1 Å². The number of benzene rings is 2. The summed E-state index contributed by atoms with van der Waals surface area (Å²) in [5.41, 5.74) is 2.31. The maximum atomic E-state index is 12.6. The SMILES string of the molecule is CCOC(=O)N1CCN(c2ccc(OC)c(OC3CCCC3)c2)CC1Cc1ccccc1. The Kier molecular flexibility index (Phi) is 7.40. The average Bonchev–Trinajstić information content (AvgIpc) is 3.33. The van der Waals surface area contributed by atoms with Crippen LogP contribution in [0.1, 0.15) is 38.2 Å². The van der Waals surface area contributed by atoms with E-state index >= 15 is 0 Å². The molecule has 4 rings (SSSR count). The van der Waals surface area contributed by atoms with E-state index in [0.29, 0.717) is 13.2 Å². The average molecular weight is 439 g/mol. The molecule has 1 unspecified atom stereocenters. The number of carbonyl (C=O) groups is 1. The first kappa shape index (κ1) is 22.3. The number of piperazine rings is 1. The van der Waals surface area contributed by atoms with Gasteiger partial charge >= 0.3 is 6.09 Å². The summed E-state index contributed by atoms with van der Waals surface area (Å²) in [6.07, 6.45) is 5.49. The number of ether oxygens (including phenoxy) is 3. The first-order valence-corrected chi connectivity index (χ1v) is 11.7. The highest BCUT2D eigenvalue weighted by molar-refractivity contribution is 5.69. The molecule has 32 heavy (non-hydrogen) atoms. The van der Waals surface area contributed by atoms with Gasteiger partial charge in [0, 0.05) is 31.4 Å². The molecule has 1 saturated carbocycles. The van der Waals surface area contributed by atoms with E-state index in [1.54, 1.807) is 7.11 Å². The molecule has 1 aliphatic heterocycles. The zero-order chi connectivity index (χ0) is 22.3. The molecule has 0 bridgehead atoms. The Labute approximate surface area is 191 Å². The van der Waals surface area contributed by atoms with Crippen molar-refractivity contribution in [3.63, 3.8) is 0 Å². The fraction of sp³-hybridized carbons (Fsp3) is 0.500. The van der Waals surface area contributed by atoms with Crippen LogP contribution in [0.4, 0.5) is 10.5 Å². The predicted molar refractivity (Wildman–Crippen MR) is 126 cm³/mol. The Morgan fingerprint density at radius 1 is 1.03 bits per heavy atom. The number of hydrogen-bond acceptors (Lipinski definition) is 5. The van der Waals surface area contributed by atoms with Crippen LogP contribution >= 0.6 is 0 Å². The third kappa shape index (κ3) is 5.29. The van der Waals surface area contributed by atoms with Crippen molar-refractivity contribution in [2.24, 2.45) is 0 Å². The summed E-state index contributed by atoms with van der Waals surface area (Å²) < 4.78 is 17.2. The van der Waals surface area contributed by atoms with Gasteiger partial charge in [-0.3, -0.25) is 0 Å². The number of nitrogens with zero attached hydrogens (tertiary/aromatic N) is 2. The third-order valence-corrected chi connectivity index (χ3v) is 6.41. The summed E-state index contributed by atoms with van der Waals surface area (Å²) in [6.45, 7) is 4.35. The molecule has 1 heterocycles. The van der Waals surface area contributed by atoms with E-state index in [1.165, 1.54) is 18.4 Å². The van der Waals surface area contributed by atoms with Gasteiger partial charge in [0.05, 0.1) is 25.9 Å². The van der Waals surface area contributed by atoms with Crippen LogP contribution in [0.5, 0.6) is 11.5 Å². The topological polar surface area (TPSA) is 51.2 Å². The largest absolute Gasteiger partial charge is 0.493 e. The Balaban J connectivity index is 1.53. The highest BCUT2D eigenvalue weighted by Gasteiger charge is 2.32. The molecule has 1 saturated heterocycles. The minimum Gasteiger partial charge on any atom is -0.493 e. The quantitative estimate of drug-likeness (QED) is 0.615. The lowest BCUT2D eigenvalue weighted by molar-refractivity contribution is 0.0854. The van der Waals surface area contributed by atoms with Crippen molar-refractivity contribution in [1.29, 1.82) is 0 Å². The minimum atomic E-state index is -0.229. The highest BCUT2D eigenvalue weighted by Crippen LogP contribution is 2.35. The van der Waals surface area contributed by atoms with Crippen molar-refractivity contribution in [2.45, 2.75) is 51.2 Å². The molecule has 2 aromatic carbocycles. The fourth-order valence-electron chi connectivity index (χ4n) is 4.74. The van der Waals surface area contributed by atoms with Crippen LogP contribution in [0.3, 0.4) is 0 Å². The smallest absolute Gasteiger partial charge is 0.410 e. The molecule has 0 spiro atoms. The Morgan fingerprint density at radius 2 is 1.81 bits per heavy atom. The van der Waals surface area contributed by atoms with Gasteiger partial charge in [0.1, 0.15) is 0 Å². The zero-order valence-electron chi connectivity index (χ0n) is 19.2. The lowest BCUT2D eigenvalue weighted by Crippen LogP contribution is -2.56. The van der Waals surface area contributed by atoms with Crippen LogP contribution in [-0.4, -0.2) is 56.5 Å². The summed E-state index contributed by atoms with van der Waals surface area (Å²) >= 11 is 0. The van der Waals surface area contributed by atoms with E-state index in [4.69, 9.17) is 14.2 Å². The van der Waals surface area contributed by atoms with E-state index in [0.717, 1.165) is 49.5 Å². The van der Waals surface area contributed by atoms with Crippen LogP contribution in [0.2, 0.25) is 0 Å². The maximum absolute atomic E-state index is 12.6. The van der Waals surface area contributed by atoms with Gasteiger partial charge in [-0.05, 0) is 56.7 Å². The van der Waals surface area contributed by atoms with Crippen LogP contribution in [-0.2, 0) is 11.2 Å². The molecule has 6 nitrogen and oxygen atoms in total. The molecule has 1 atom stereocenters. The van der Waals surface area contributed by atoms with Crippen molar-refractivity contribution in [2.75, 3.05) is 38.3 Å². The first-order valence-electron chi connectivity index (χ1n) is 11.7. The Morgan fingerprint density at radius 3 is 2.53 bits per heavy atom. The predicted octanol–water partition coefficient (Wildman–Crippen LogP) is 4.91. The first-order chi connectivity index (χ1) is 15.7. The molecule has 0 N–H and O–H groups in total. The lowest BCUT2D eigenvalue weighted by Gasteiger charge is -2.42. The molecular weight excluding hydrogens is 404 g/mol. The van der Waals surface area contributed by atoms with Crippen LogP contribution in [0, 0.1) is 0 Å². The summed E-state index contributed by atoms with van der Waals surface area (Å²) in [6, 6.07) is 16.5. The molecule has 2 fully saturated rings. The number of carbonyl (C=O) groups excluding carboxylic acids is 1. The van der Waals surface area contributed by atoms with Gasteiger partial charge in [-0.15, -0.1) is 0 Å². The second kappa shape index (κ2) is 10.6. The molecule has 1 aliphatic carbocycles. The maximum Gasteiger partial charge on any atom is 0.410 e. The molecule has 172 valence electrons. The van der Waals surface area contributed by atoms with Gasteiger partial charge in [-0.1, -0.05) is 30.3 Å². The third-order valence-electron chi connectivity index (χ3n) is 6.41. The summed E-state index contributed by atoms with van der Waals surface area (Å²) in [7, 11) is 1.69. The fourth-order valence-corrected chi connectivity index (χ4v) is 4.74. The van der Waals surface area contributed by atoms with E-state index in [-0.39, 0.29) is 18.2 Å². The molecule has 0 aromatic heterocycles. The molecule has 0 radical (unpaired) electrons. The van der Waals surface area contributed by atoms with Crippen LogP contribution in [0.25, 0.3) is 0 Å². The molecule has 1 amide bonds. The number of methoxy groups -OCH3 is 1. The second-order valence-electron chi connectivity index (χ2n) is 8.54. The molecule has 6 heteroatoms. The molecule has 2 aliphatic rings. The van der Waals surface area contributed by atoms with E-state index in [9.17, 15) is 4.79 Å². The van der Waals surface area contributed by atoms with Crippen molar-refractivity contribution in [3.05, 3.63) is 54.1 Å². The van der Waals surface area contributed by atoms with Gasteiger partial charge in [0.25, 0.3) is 0 Å². The number of rotatable bonds is 7. The van der Waals surface area contributed by atoms with Crippen LogP contribution in [0.15, 0.2) is 48.5 Å². The number of anilines is 1. The van der Waals surface area contributed by atoms with Gasteiger partial charge in [0.15, 0.2) is 11.5 Å².